The maximum absolute atomic E-state index is 5.58. The van der Waals surface area contributed by atoms with Crippen LogP contribution in [-0.4, -0.2) is 30.6 Å². The van der Waals surface area contributed by atoms with Gasteiger partial charge >= 0.3 is 0 Å². The Labute approximate surface area is 114 Å². The van der Waals surface area contributed by atoms with Gasteiger partial charge in [0.1, 0.15) is 5.58 Å². The fourth-order valence-electron chi connectivity index (χ4n) is 2.88. The van der Waals surface area contributed by atoms with Crippen molar-refractivity contribution in [2.24, 2.45) is 0 Å². The molecule has 0 spiro atoms. The van der Waals surface area contributed by atoms with Gasteiger partial charge in [0, 0.05) is 23.5 Å². The topological polar surface area (TPSA) is 28.4 Å². The Morgan fingerprint density at radius 2 is 2.05 bits per heavy atom. The predicted octanol–water partition coefficient (Wildman–Crippen LogP) is 3.01. The van der Waals surface area contributed by atoms with Gasteiger partial charge in [-0.05, 0) is 38.5 Å². The number of nitrogens with one attached hydrogen (secondary N) is 1. The van der Waals surface area contributed by atoms with Crippen molar-refractivity contribution in [1.29, 1.82) is 0 Å². The van der Waals surface area contributed by atoms with Gasteiger partial charge in [-0.3, -0.25) is 0 Å². The molecule has 0 saturated carbocycles. The Hall–Kier alpha value is -1.32. The van der Waals surface area contributed by atoms with Crippen molar-refractivity contribution >= 4 is 11.0 Å². The third kappa shape index (κ3) is 2.82. The minimum absolute atomic E-state index is 0.650. The Bertz CT molecular complexity index is 526. The lowest BCUT2D eigenvalue weighted by atomic mass is 10.0. The summed E-state index contributed by atoms with van der Waals surface area (Å²) in [5.74, 6) is 0. The van der Waals surface area contributed by atoms with Gasteiger partial charge < -0.3 is 14.6 Å². The fraction of sp³-hybridized carbons (Fsp3) is 0.500. The number of piperidine rings is 1. The zero-order valence-corrected chi connectivity index (χ0v) is 11.6. The van der Waals surface area contributed by atoms with Crippen molar-refractivity contribution in [1.82, 2.24) is 10.2 Å². The second kappa shape index (κ2) is 5.76. The molecule has 0 aliphatic carbocycles. The molecule has 0 atom stereocenters. The van der Waals surface area contributed by atoms with Crippen LogP contribution in [0.5, 0.6) is 0 Å². The molecule has 1 aliphatic rings. The third-order valence-corrected chi connectivity index (χ3v) is 4.18. The first-order valence-electron chi connectivity index (χ1n) is 7.27. The van der Waals surface area contributed by atoms with Crippen LogP contribution in [0.3, 0.4) is 0 Å². The van der Waals surface area contributed by atoms with Gasteiger partial charge in [-0.25, -0.2) is 0 Å². The van der Waals surface area contributed by atoms with Gasteiger partial charge in [0.2, 0.25) is 0 Å². The summed E-state index contributed by atoms with van der Waals surface area (Å²) < 4.78 is 5.58. The highest BCUT2D eigenvalue weighted by molar-refractivity contribution is 5.80. The molecule has 1 aromatic carbocycles. The van der Waals surface area contributed by atoms with Crippen LogP contribution in [-0.2, 0) is 6.54 Å². The van der Waals surface area contributed by atoms with Gasteiger partial charge in [-0.2, -0.15) is 0 Å². The summed E-state index contributed by atoms with van der Waals surface area (Å²) in [5.41, 5.74) is 2.26. The quantitative estimate of drug-likeness (QED) is 0.914. The molecule has 1 fully saturated rings. The van der Waals surface area contributed by atoms with Crippen molar-refractivity contribution in [2.75, 3.05) is 19.6 Å². The number of fused-ring (bicyclic) bond motifs is 1. The van der Waals surface area contributed by atoms with Crippen LogP contribution in [0.25, 0.3) is 11.0 Å². The average molecular weight is 258 g/mol. The van der Waals surface area contributed by atoms with E-state index in [1.165, 1.54) is 43.4 Å². The lowest BCUT2D eigenvalue weighted by molar-refractivity contribution is 0.206. The van der Waals surface area contributed by atoms with Crippen LogP contribution in [0.2, 0.25) is 0 Å². The van der Waals surface area contributed by atoms with E-state index >= 15 is 0 Å². The van der Waals surface area contributed by atoms with Crippen LogP contribution in [0.15, 0.2) is 34.9 Å². The minimum atomic E-state index is 0.650. The molecule has 3 nitrogen and oxygen atoms in total. The largest absolute Gasteiger partial charge is 0.464 e. The zero-order valence-electron chi connectivity index (χ0n) is 11.6. The molecule has 0 bridgehead atoms. The average Bonchev–Trinajstić information content (AvgIpc) is 2.89. The number of likely N-dealkylation sites (tertiary alicyclic amines) is 1. The summed E-state index contributed by atoms with van der Waals surface area (Å²) in [5, 5.41) is 4.91. The molecule has 0 amide bonds. The van der Waals surface area contributed by atoms with Crippen molar-refractivity contribution in [3.63, 3.8) is 0 Å². The second-order valence-corrected chi connectivity index (χ2v) is 5.35. The number of furan rings is 1. The summed E-state index contributed by atoms with van der Waals surface area (Å²) in [4.78, 5) is 2.52. The fourth-order valence-corrected chi connectivity index (χ4v) is 2.88. The Morgan fingerprint density at radius 3 is 2.84 bits per heavy atom. The van der Waals surface area contributed by atoms with Crippen molar-refractivity contribution < 1.29 is 4.42 Å². The normalized spacial score (nSPS) is 18.2. The number of hydrogen-bond donors (Lipinski definition) is 1. The molecule has 1 N–H and O–H groups in total. The monoisotopic (exact) mass is 258 g/mol. The summed E-state index contributed by atoms with van der Waals surface area (Å²) in [6.45, 7) is 6.78. The SMILES string of the molecule is CCN1CCC(NCc2coc3ccccc23)CC1. The van der Waals surface area contributed by atoms with E-state index in [9.17, 15) is 0 Å². The molecule has 0 radical (unpaired) electrons. The smallest absolute Gasteiger partial charge is 0.134 e. The molecule has 1 saturated heterocycles. The van der Waals surface area contributed by atoms with Gasteiger partial charge in [0.05, 0.1) is 6.26 Å². The molecule has 0 unspecified atom stereocenters. The van der Waals surface area contributed by atoms with Crippen LogP contribution >= 0.6 is 0 Å². The second-order valence-electron chi connectivity index (χ2n) is 5.35. The predicted molar refractivity (Wildman–Crippen MR) is 78.2 cm³/mol. The Balaban J connectivity index is 1.58. The molecular formula is C16H22N2O. The van der Waals surface area contributed by atoms with E-state index in [2.05, 4.69) is 29.3 Å². The number of hydrogen-bond acceptors (Lipinski definition) is 3. The van der Waals surface area contributed by atoms with Gasteiger partial charge in [0.25, 0.3) is 0 Å². The molecule has 2 aromatic rings. The summed E-state index contributed by atoms with van der Waals surface area (Å²) in [7, 11) is 0. The first kappa shape index (κ1) is 12.7. The maximum atomic E-state index is 5.58. The summed E-state index contributed by atoms with van der Waals surface area (Å²) in [6, 6.07) is 8.90. The van der Waals surface area contributed by atoms with Crippen LogP contribution in [0, 0.1) is 0 Å². The van der Waals surface area contributed by atoms with Gasteiger partial charge in [-0.1, -0.05) is 25.1 Å². The number of nitrogens with zero attached hydrogens (tertiary/aromatic N) is 1. The highest BCUT2D eigenvalue weighted by atomic mass is 16.3. The van der Waals surface area contributed by atoms with Crippen LogP contribution < -0.4 is 5.32 Å². The molecule has 3 heteroatoms. The van der Waals surface area contributed by atoms with E-state index in [1.807, 2.05) is 18.4 Å². The Morgan fingerprint density at radius 1 is 1.26 bits per heavy atom. The third-order valence-electron chi connectivity index (χ3n) is 4.18. The van der Waals surface area contributed by atoms with Crippen LogP contribution in [0.4, 0.5) is 0 Å². The van der Waals surface area contributed by atoms with Gasteiger partial charge in [0.15, 0.2) is 0 Å². The Kier molecular flexibility index (Phi) is 3.85. The molecule has 1 aromatic heterocycles. The number of benzene rings is 1. The maximum Gasteiger partial charge on any atom is 0.134 e. The molecule has 1 aliphatic heterocycles. The number of rotatable bonds is 4. The molecule has 102 valence electrons. The van der Waals surface area contributed by atoms with E-state index in [0.717, 1.165) is 12.1 Å². The molecular weight excluding hydrogens is 236 g/mol. The van der Waals surface area contributed by atoms with Crippen molar-refractivity contribution in [3.05, 3.63) is 36.1 Å². The van der Waals surface area contributed by atoms with Crippen LogP contribution in [0.1, 0.15) is 25.3 Å². The van der Waals surface area contributed by atoms with Gasteiger partial charge in [-0.15, -0.1) is 0 Å². The first-order valence-corrected chi connectivity index (χ1v) is 7.27. The standard InChI is InChI=1S/C16H22N2O/c1-2-18-9-7-14(8-10-18)17-11-13-12-19-16-6-4-3-5-15(13)16/h3-6,12,14,17H,2,7-11H2,1H3. The van der Waals surface area contributed by atoms with Crippen molar-refractivity contribution in [2.45, 2.75) is 32.4 Å². The van der Waals surface area contributed by atoms with E-state index in [4.69, 9.17) is 4.42 Å². The zero-order chi connectivity index (χ0) is 13.1. The van der Waals surface area contributed by atoms with E-state index in [1.54, 1.807) is 0 Å². The van der Waals surface area contributed by atoms with E-state index < -0.39 is 0 Å². The van der Waals surface area contributed by atoms with E-state index in [0.29, 0.717) is 6.04 Å². The molecule has 2 heterocycles. The number of para-hydroxylation sites is 1. The first-order chi connectivity index (χ1) is 9.36. The lowest BCUT2D eigenvalue weighted by Crippen LogP contribution is -2.42. The molecule has 3 rings (SSSR count). The van der Waals surface area contributed by atoms with E-state index in [-0.39, 0.29) is 0 Å². The highest BCUT2D eigenvalue weighted by Gasteiger charge is 2.17. The minimum Gasteiger partial charge on any atom is -0.464 e. The highest BCUT2D eigenvalue weighted by Crippen LogP contribution is 2.21. The summed E-state index contributed by atoms with van der Waals surface area (Å²) in [6.07, 6.45) is 4.39. The van der Waals surface area contributed by atoms with Crippen molar-refractivity contribution in [3.8, 4) is 0 Å². The lowest BCUT2D eigenvalue weighted by Gasteiger charge is -2.31. The molecule has 19 heavy (non-hydrogen) atoms. The summed E-state index contributed by atoms with van der Waals surface area (Å²) >= 11 is 0.